The van der Waals surface area contributed by atoms with Crippen LogP contribution in [0.5, 0.6) is 0 Å². The Bertz CT molecular complexity index is 526. The van der Waals surface area contributed by atoms with Crippen molar-refractivity contribution in [3.8, 4) is 5.69 Å². The molecule has 0 amide bonds. The number of rotatable bonds is 4. The van der Waals surface area contributed by atoms with Crippen molar-refractivity contribution in [1.82, 2.24) is 20.1 Å². The maximum Gasteiger partial charge on any atom is 0.144 e. The molecule has 1 aliphatic heterocycles. The van der Waals surface area contributed by atoms with Crippen LogP contribution in [0.15, 0.2) is 36.7 Å². The molecule has 0 spiro atoms. The van der Waals surface area contributed by atoms with E-state index in [2.05, 4.69) is 51.3 Å². The predicted octanol–water partition coefficient (Wildman–Crippen LogP) is 2.30. The maximum absolute atomic E-state index is 4.44. The van der Waals surface area contributed by atoms with Crippen LogP contribution in [0.25, 0.3) is 5.69 Å². The molecule has 2 heterocycles. The monoisotopic (exact) mass is 256 g/mol. The first-order valence-corrected chi connectivity index (χ1v) is 7.02. The average molecular weight is 256 g/mol. The quantitative estimate of drug-likeness (QED) is 0.912. The second-order valence-electron chi connectivity index (χ2n) is 5.32. The molecule has 1 fully saturated rings. The lowest BCUT2D eigenvalue weighted by atomic mass is 9.81. The van der Waals surface area contributed by atoms with E-state index in [4.69, 9.17) is 0 Å². The minimum atomic E-state index is 0.140. The zero-order valence-electron chi connectivity index (χ0n) is 11.3. The average Bonchev–Trinajstić information content (AvgIpc) is 3.09. The molecule has 2 aromatic rings. The van der Waals surface area contributed by atoms with Gasteiger partial charge in [0.15, 0.2) is 0 Å². The Hall–Kier alpha value is -1.68. The van der Waals surface area contributed by atoms with E-state index >= 15 is 0 Å². The van der Waals surface area contributed by atoms with Gasteiger partial charge in [0.05, 0.1) is 0 Å². The molecule has 0 radical (unpaired) electrons. The van der Waals surface area contributed by atoms with E-state index in [0.717, 1.165) is 37.4 Å². The molecule has 1 N–H and O–H groups in total. The van der Waals surface area contributed by atoms with Crippen LogP contribution in [0.1, 0.15) is 32.0 Å². The molecule has 4 nitrogen and oxygen atoms in total. The molecular formula is C15H20N4. The van der Waals surface area contributed by atoms with Crippen LogP contribution in [0.2, 0.25) is 0 Å². The molecule has 0 saturated carbocycles. The van der Waals surface area contributed by atoms with Gasteiger partial charge in [-0.1, -0.05) is 31.5 Å². The van der Waals surface area contributed by atoms with Gasteiger partial charge in [-0.3, -0.25) is 4.57 Å². The van der Waals surface area contributed by atoms with E-state index in [9.17, 15) is 0 Å². The van der Waals surface area contributed by atoms with Gasteiger partial charge >= 0.3 is 0 Å². The fourth-order valence-corrected chi connectivity index (χ4v) is 3.11. The molecule has 100 valence electrons. The van der Waals surface area contributed by atoms with Crippen molar-refractivity contribution in [1.29, 1.82) is 0 Å². The zero-order valence-corrected chi connectivity index (χ0v) is 11.3. The Balaban J connectivity index is 2.04. The summed E-state index contributed by atoms with van der Waals surface area (Å²) >= 11 is 0. The third-order valence-electron chi connectivity index (χ3n) is 4.03. The minimum Gasteiger partial charge on any atom is -0.316 e. The van der Waals surface area contributed by atoms with Crippen LogP contribution in [-0.2, 0) is 5.41 Å². The van der Waals surface area contributed by atoms with Crippen LogP contribution in [0.4, 0.5) is 0 Å². The fraction of sp³-hybridized carbons (Fsp3) is 0.467. The number of benzene rings is 1. The Morgan fingerprint density at radius 2 is 2.16 bits per heavy atom. The van der Waals surface area contributed by atoms with E-state index in [1.54, 1.807) is 0 Å². The van der Waals surface area contributed by atoms with Crippen LogP contribution in [0.3, 0.4) is 0 Å². The Morgan fingerprint density at radius 3 is 2.84 bits per heavy atom. The third-order valence-corrected chi connectivity index (χ3v) is 4.03. The molecular weight excluding hydrogens is 236 g/mol. The van der Waals surface area contributed by atoms with Crippen molar-refractivity contribution < 1.29 is 0 Å². The van der Waals surface area contributed by atoms with Crippen molar-refractivity contribution >= 4 is 0 Å². The van der Waals surface area contributed by atoms with Crippen molar-refractivity contribution in [3.05, 3.63) is 42.5 Å². The molecule has 1 atom stereocenters. The van der Waals surface area contributed by atoms with Crippen molar-refractivity contribution in [2.24, 2.45) is 0 Å². The highest BCUT2D eigenvalue weighted by molar-refractivity contribution is 5.34. The summed E-state index contributed by atoms with van der Waals surface area (Å²) < 4.78 is 2.14. The highest BCUT2D eigenvalue weighted by atomic mass is 15.3. The first-order chi connectivity index (χ1) is 9.36. The zero-order chi connectivity index (χ0) is 13.1. The molecule has 4 heteroatoms. The normalized spacial score (nSPS) is 22.8. The highest BCUT2D eigenvalue weighted by Crippen LogP contribution is 2.34. The van der Waals surface area contributed by atoms with Crippen molar-refractivity contribution in [2.45, 2.75) is 31.6 Å². The number of nitrogens with one attached hydrogen (secondary N) is 1. The smallest absolute Gasteiger partial charge is 0.144 e. The van der Waals surface area contributed by atoms with Crippen LogP contribution < -0.4 is 5.32 Å². The van der Waals surface area contributed by atoms with Crippen LogP contribution in [0, 0.1) is 0 Å². The lowest BCUT2D eigenvalue weighted by Gasteiger charge is -2.27. The number of para-hydroxylation sites is 1. The predicted molar refractivity (Wildman–Crippen MR) is 75.4 cm³/mol. The summed E-state index contributed by atoms with van der Waals surface area (Å²) in [5.41, 5.74) is 1.28. The molecule has 3 rings (SSSR count). The number of nitrogens with zero attached hydrogens (tertiary/aromatic N) is 3. The molecule has 0 aliphatic carbocycles. The molecule has 0 bridgehead atoms. The van der Waals surface area contributed by atoms with Gasteiger partial charge in [0.1, 0.15) is 12.2 Å². The summed E-state index contributed by atoms with van der Waals surface area (Å²) in [5, 5.41) is 12.1. The molecule has 1 aromatic carbocycles. The summed E-state index contributed by atoms with van der Waals surface area (Å²) in [7, 11) is 0. The molecule has 1 aliphatic rings. The Morgan fingerprint density at radius 1 is 1.32 bits per heavy atom. The van der Waals surface area contributed by atoms with E-state index < -0.39 is 0 Å². The molecule has 1 unspecified atom stereocenters. The number of aromatic nitrogens is 3. The number of hydrogen-bond acceptors (Lipinski definition) is 3. The molecule has 1 saturated heterocycles. The summed E-state index contributed by atoms with van der Waals surface area (Å²) in [6, 6.07) is 10.4. The van der Waals surface area contributed by atoms with E-state index in [1.165, 1.54) is 6.42 Å². The second kappa shape index (κ2) is 5.13. The maximum atomic E-state index is 4.44. The Kier molecular flexibility index (Phi) is 3.34. The first-order valence-electron chi connectivity index (χ1n) is 7.02. The van der Waals surface area contributed by atoms with E-state index in [-0.39, 0.29) is 5.41 Å². The SMILES string of the molecule is CCCC1(c2nncn2-c2ccccc2)CCNC1. The molecule has 1 aromatic heterocycles. The van der Waals surface area contributed by atoms with Gasteiger partial charge in [0.2, 0.25) is 0 Å². The van der Waals surface area contributed by atoms with Crippen LogP contribution in [-0.4, -0.2) is 27.9 Å². The van der Waals surface area contributed by atoms with Gasteiger partial charge in [-0.2, -0.15) is 0 Å². The standard InChI is InChI=1S/C15H20N4/c1-2-8-15(9-10-16-11-15)14-18-17-12-19(14)13-6-4-3-5-7-13/h3-7,12,16H,2,8-11H2,1H3. The molecule has 19 heavy (non-hydrogen) atoms. The van der Waals surface area contributed by atoms with Crippen molar-refractivity contribution in [2.75, 3.05) is 13.1 Å². The van der Waals surface area contributed by atoms with E-state index in [1.807, 2.05) is 12.4 Å². The summed E-state index contributed by atoms with van der Waals surface area (Å²) in [6.07, 6.45) is 5.31. The Labute approximate surface area is 113 Å². The summed E-state index contributed by atoms with van der Waals surface area (Å²) in [5.74, 6) is 1.10. The highest BCUT2D eigenvalue weighted by Gasteiger charge is 2.39. The van der Waals surface area contributed by atoms with Gasteiger partial charge in [-0.15, -0.1) is 10.2 Å². The summed E-state index contributed by atoms with van der Waals surface area (Å²) in [6.45, 7) is 4.32. The fourth-order valence-electron chi connectivity index (χ4n) is 3.11. The van der Waals surface area contributed by atoms with Gasteiger partial charge in [-0.05, 0) is 31.5 Å². The second-order valence-corrected chi connectivity index (χ2v) is 5.32. The minimum absolute atomic E-state index is 0.140. The van der Waals surface area contributed by atoms with Gasteiger partial charge in [0, 0.05) is 17.6 Å². The van der Waals surface area contributed by atoms with Crippen molar-refractivity contribution in [3.63, 3.8) is 0 Å². The van der Waals surface area contributed by atoms with Crippen LogP contribution >= 0.6 is 0 Å². The number of hydrogen-bond donors (Lipinski definition) is 1. The largest absolute Gasteiger partial charge is 0.316 e. The van der Waals surface area contributed by atoms with Gasteiger partial charge < -0.3 is 5.32 Å². The summed E-state index contributed by atoms with van der Waals surface area (Å²) in [4.78, 5) is 0. The topological polar surface area (TPSA) is 42.7 Å². The lowest BCUT2D eigenvalue weighted by Crippen LogP contribution is -2.32. The van der Waals surface area contributed by atoms with E-state index in [0.29, 0.717) is 0 Å². The lowest BCUT2D eigenvalue weighted by molar-refractivity contribution is 0.395. The van der Waals surface area contributed by atoms with Gasteiger partial charge in [0.25, 0.3) is 0 Å². The first kappa shape index (κ1) is 12.4. The van der Waals surface area contributed by atoms with Gasteiger partial charge in [-0.25, -0.2) is 0 Å². The third kappa shape index (κ3) is 2.16.